The number of hydrogen-bond donors (Lipinski definition) is 2. The molecule has 1 fully saturated rings. The lowest BCUT2D eigenvalue weighted by Gasteiger charge is -2.32. The number of carbonyl (C=O) groups is 3. The minimum atomic E-state index is -0.630. The third-order valence-corrected chi connectivity index (χ3v) is 4.55. The zero-order valence-electron chi connectivity index (χ0n) is 17.3. The molecule has 1 aromatic carbocycles. The van der Waals surface area contributed by atoms with E-state index in [9.17, 15) is 18.8 Å². The molecule has 8 heteroatoms. The van der Waals surface area contributed by atoms with Gasteiger partial charge in [0.15, 0.2) is 0 Å². The van der Waals surface area contributed by atoms with Crippen molar-refractivity contribution in [3.8, 4) is 0 Å². The van der Waals surface area contributed by atoms with Crippen LogP contribution in [0.5, 0.6) is 0 Å². The summed E-state index contributed by atoms with van der Waals surface area (Å²) >= 11 is 0. The van der Waals surface area contributed by atoms with Crippen molar-refractivity contribution in [3.05, 3.63) is 35.6 Å². The highest BCUT2D eigenvalue weighted by molar-refractivity contribution is 5.82. The first-order chi connectivity index (χ1) is 13.6. The zero-order valence-corrected chi connectivity index (χ0v) is 17.3. The third kappa shape index (κ3) is 8.50. The minimum absolute atomic E-state index is 0.0240. The van der Waals surface area contributed by atoms with Crippen LogP contribution in [0.3, 0.4) is 0 Å². The van der Waals surface area contributed by atoms with E-state index in [1.807, 2.05) is 0 Å². The number of hydrogen-bond acceptors (Lipinski definition) is 4. The fourth-order valence-corrected chi connectivity index (χ4v) is 3.08. The molecular formula is C21H30FN3O4. The average molecular weight is 407 g/mol. The summed E-state index contributed by atoms with van der Waals surface area (Å²) in [6.07, 6.45) is 1.66. The predicted octanol–water partition coefficient (Wildman–Crippen LogP) is 2.39. The minimum Gasteiger partial charge on any atom is -0.444 e. The lowest BCUT2D eigenvalue weighted by atomic mass is 10.0. The van der Waals surface area contributed by atoms with Crippen LogP contribution >= 0.6 is 0 Å². The first kappa shape index (κ1) is 22.6. The first-order valence-electron chi connectivity index (χ1n) is 9.91. The van der Waals surface area contributed by atoms with Crippen LogP contribution in [-0.2, 0) is 20.7 Å². The summed E-state index contributed by atoms with van der Waals surface area (Å²) in [6, 6.07) is 6.15. The van der Waals surface area contributed by atoms with E-state index in [-0.39, 0.29) is 30.2 Å². The van der Waals surface area contributed by atoms with Crippen molar-refractivity contribution in [2.24, 2.45) is 0 Å². The van der Waals surface area contributed by atoms with E-state index in [0.717, 1.165) is 5.56 Å². The summed E-state index contributed by atoms with van der Waals surface area (Å²) in [6.45, 7) is 6.26. The molecule has 160 valence electrons. The number of benzene rings is 1. The van der Waals surface area contributed by atoms with Crippen LogP contribution in [-0.4, -0.2) is 54.1 Å². The number of piperidine rings is 1. The Morgan fingerprint density at radius 3 is 2.34 bits per heavy atom. The van der Waals surface area contributed by atoms with E-state index in [0.29, 0.717) is 38.8 Å². The van der Waals surface area contributed by atoms with Gasteiger partial charge in [-0.05, 0) is 57.7 Å². The van der Waals surface area contributed by atoms with E-state index in [1.54, 1.807) is 37.8 Å². The molecule has 0 saturated carbocycles. The van der Waals surface area contributed by atoms with Gasteiger partial charge in [0, 0.05) is 25.6 Å². The van der Waals surface area contributed by atoms with Crippen molar-refractivity contribution >= 4 is 17.9 Å². The van der Waals surface area contributed by atoms with Crippen molar-refractivity contribution in [3.63, 3.8) is 0 Å². The molecule has 0 radical (unpaired) electrons. The zero-order chi connectivity index (χ0) is 21.4. The maximum Gasteiger partial charge on any atom is 0.408 e. The monoisotopic (exact) mass is 407 g/mol. The van der Waals surface area contributed by atoms with Crippen molar-refractivity contribution in [2.75, 3.05) is 19.6 Å². The van der Waals surface area contributed by atoms with Gasteiger partial charge in [-0.2, -0.15) is 0 Å². The average Bonchev–Trinajstić information content (AvgIpc) is 2.65. The van der Waals surface area contributed by atoms with Crippen LogP contribution in [0.1, 0.15) is 45.6 Å². The number of nitrogens with zero attached hydrogens (tertiary/aromatic N) is 1. The van der Waals surface area contributed by atoms with Crippen LogP contribution in [0.25, 0.3) is 0 Å². The molecule has 2 N–H and O–H groups in total. The molecule has 0 aromatic heterocycles. The lowest BCUT2D eigenvalue weighted by Crippen LogP contribution is -2.49. The molecular weight excluding hydrogens is 377 g/mol. The number of nitrogens with one attached hydrogen (secondary N) is 2. The van der Waals surface area contributed by atoms with Crippen LogP contribution in [0.4, 0.5) is 9.18 Å². The number of rotatable bonds is 6. The summed E-state index contributed by atoms with van der Waals surface area (Å²) in [5.41, 5.74) is 0.316. The number of amides is 3. The highest BCUT2D eigenvalue weighted by Crippen LogP contribution is 2.13. The van der Waals surface area contributed by atoms with Crippen molar-refractivity contribution in [1.82, 2.24) is 15.5 Å². The Balaban J connectivity index is 1.65. The highest BCUT2D eigenvalue weighted by atomic mass is 19.1. The van der Waals surface area contributed by atoms with Gasteiger partial charge in [0.2, 0.25) is 11.8 Å². The van der Waals surface area contributed by atoms with Crippen LogP contribution < -0.4 is 10.6 Å². The van der Waals surface area contributed by atoms with E-state index < -0.39 is 11.7 Å². The van der Waals surface area contributed by atoms with Crippen molar-refractivity contribution in [1.29, 1.82) is 0 Å². The van der Waals surface area contributed by atoms with Crippen LogP contribution in [0.15, 0.2) is 24.3 Å². The molecule has 0 atom stereocenters. The largest absolute Gasteiger partial charge is 0.444 e. The number of alkyl carbamates (subject to hydrolysis) is 1. The number of halogens is 1. The van der Waals surface area contributed by atoms with Gasteiger partial charge < -0.3 is 20.3 Å². The molecule has 1 aromatic rings. The van der Waals surface area contributed by atoms with Gasteiger partial charge in [0.05, 0.1) is 0 Å². The lowest BCUT2D eigenvalue weighted by molar-refractivity contribution is -0.132. The maximum atomic E-state index is 12.9. The second kappa shape index (κ2) is 10.2. The summed E-state index contributed by atoms with van der Waals surface area (Å²) in [4.78, 5) is 37.7. The van der Waals surface area contributed by atoms with Crippen LogP contribution in [0, 0.1) is 5.82 Å². The molecule has 0 spiro atoms. The first-order valence-corrected chi connectivity index (χ1v) is 9.91. The van der Waals surface area contributed by atoms with E-state index in [4.69, 9.17) is 4.74 Å². The maximum absolute atomic E-state index is 12.9. The van der Waals surface area contributed by atoms with E-state index in [1.165, 1.54) is 12.1 Å². The summed E-state index contributed by atoms with van der Waals surface area (Å²) in [7, 11) is 0. The van der Waals surface area contributed by atoms with Gasteiger partial charge >= 0.3 is 6.09 Å². The number of carbonyl (C=O) groups excluding carboxylic acids is 3. The SMILES string of the molecule is CC(C)(C)OC(=O)NCC(=O)NC1CCN(C(=O)CCc2ccc(F)cc2)CC1. The van der Waals surface area contributed by atoms with Crippen LogP contribution in [0.2, 0.25) is 0 Å². The fourth-order valence-electron chi connectivity index (χ4n) is 3.08. The Morgan fingerprint density at radius 2 is 1.76 bits per heavy atom. The topological polar surface area (TPSA) is 87.7 Å². The molecule has 0 unspecified atom stereocenters. The van der Waals surface area contributed by atoms with Crippen molar-refractivity contribution in [2.45, 2.75) is 58.1 Å². The third-order valence-electron chi connectivity index (χ3n) is 4.55. The second-order valence-electron chi connectivity index (χ2n) is 8.20. The molecule has 1 aliphatic rings. The molecule has 2 rings (SSSR count). The Labute approximate surface area is 171 Å². The van der Waals surface area contributed by atoms with Crippen molar-refractivity contribution < 1.29 is 23.5 Å². The highest BCUT2D eigenvalue weighted by Gasteiger charge is 2.24. The quantitative estimate of drug-likeness (QED) is 0.758. The molecule has 29 heavy (non-hydrogen) atoms. The summed E-state index contributed by atoms with van der Waals surface area (Å²) in [5.74, 6) is -0.506. The smallest absolute Gasteiger partial charge is 0.408 e. The van der Waals surface area contributed by atoms with Gasteiger partial charge in [-0.25, -0.2) is 9.18 Å². The van der Waals surface area contributed by atoms with E-state index >= 15 is 0 Å². The molecule has 1 aliphatic heterocycles. The van der Waals surface area contributed by atoms with Gasteiger partial charge in [0.25, 0.3) is 0 Å². The molecule has 0 bridgehead atoms. The van der Waals surface area contributed by atoms with E-state index in [2.05, 4.69) is 10.6 Å². The standard InChI is InChI=1S/C21H30FN3O4/c1-21(2,3)29-20(28)23-14-18(26)24-17-10-12-25(13-11-17)19(27)9-6-15-4-7-16(22)8-5-15/h4-5,7-8,17H,6,9-14H2,1-3H3,(H,23,28)(H,24,26). The van der Waals surface area contributed by atoms with Gasteiger partial charge in [-0.15, -0.1) is 0 Å². The predicted molar refractivity (Wildman–Crippen MR) is 107 cm³/mol. The molecule has 3 amide bonds. The summed E-state index contributed by atoms with van der Waals surface area (Å²) in [5, 5.41) is 5.31. The number of likely N-dealkylation sites (tertiary alicyclic amines) is 1. The Morgan fingerprint density at radius 1 is 1.14 bits per heavy atom. The Bertz CT molecular complexity index is 708. The Kier molecular flexibility index (Phi) is 7.99. The molecule has 0 aliphatic carbocycles. The van der Waals surface area contributed by atoms with Gasteiger partial charge in [-0.3, -0.25) is 9.59 Å². The fraction of sp³-hybridized carbons (Fsp3) is 0.571. The second-order valence-corrected chi connectivity index (χ2v) is 8.20. The number of ether oxygens (including phenoxy) is 1. The number of aryl methyl sites for hydroxylation is 1. The molecule has 7 nitrogen and oxygen atoms in total. The van der Waals surface area contributed by atoms with Gasteiger partial charge in [-0.1, -0.05) is 12.1 Å². The summed E-state index contributed by atoms with van der Waals surface area (Å²) < 4.78 is 18.0. The molecule has 1 saturated heterocycles. The van der Waals surface area contributed by atoms with Gasteiger partial charge in [0.1, 0.15) is 18.0 Å². The Hall–Kier alpha value is -2.64. The molecule has 1 heterocycles. The normalized spacial score (nSPS) is 15.0.